The van der Waals surface area contributed by atoms with Crippen LogP contribution in [0, 0.1) is 0 Å². The van der Waals surface area contributed by atoms with E-state index in [-0.39, 0.29) is 51.7 Å². The Morgan fingerprint density at radius 1 is 0.719 bits per heavy atom. The molecule has 1 unspecified atom stereocenters. The summed E-state index contributed by atoms with van der Waals surface area (Å²) in [5.41, 5.74) is 12.3. The van der Waals surface area contributed by atoms with E-state index in [9.17, 15) is 9.36 Å². The standard InChI is InChI=1S/C43H52N3O10P/c1-3-5-26-52-57(48,53-27-6-4-2)56-43-41(55-42(47)37-25-17-16-24-36(37)28-45-46-44)40(51-31-35-22-14-9-15-23-35)39(50-30-34-20-12-8-13-21-34)38(54-43)32-49-29-33-18-10-7-11-19-33/h7-25,38-41,43H,3-6,26-32H2,1-2H3/t38-,39+,40+,41-,43?/m1/s1. The molecule has 0 saturated carbocycles. The summed E-state index contributed by atoms with van der Waals surface area (Å²) in [5, 5.41) is 3.66. The van der Waals surface area contributed by atoms with Crippen LogP contribution in [0.15, 0.2) is 120 Å². The summed E-state index contributed by atoms with van der Waals surface area (Å²) in [6.45, 7) is 4.61. The topological polar surface area (TPSA) is 157 Å². The Kier molecular flexibility index (Phi) is 18.2. The Hall–Kier alpha value is -4.39. The van der Waals surface area contributed by atoms with Crippen molar-refractivity contribution < 1.29 is 46.6 Å². The molecule has 1 heterocycles. The van der Waals surface area contributed by atoms with Gasteiger partial charge in [0.25, 0.3) is 0 Å². The van der Waals surface area contributed by atoms with Crippen molar-refractivity contribution in [2.24, 2.45) is 5.11 Å². The Morgan fingerprint density at radius 3 is 1.81 bits per heavy atom. The van der Waals surface area contributed by atoms with Gasteiger partial charge >= 0.3 is 13.8 Å². The first-order valence-electron chi connectivity index (χ1n) is 19.4. The third-order valence-electron chi connectivity index (χ3n) is 9.07. The average molecular weight is 802 g/mol. The predicted octanol–water partition coefficient (Wildman–Crippen LogP) is 9.89. The largest absolute Gasteiger partial charge is 0.477 e. The average Bonchev–Trinajstić information content (AvgIpc) is 3.24. The molecule has 4 aromatic rings. The first-order valence-corrected chi connectivity index (χ1v) is 20.8. The lowest BCUT2D eigenvalue weighted by Crippen LogP contribution is -2.62. The van der Waals surface area contributed by atoms with Gasteiger partial charge < -0.3 is 23.7 Å². The number of phosphoric ester groups is 1. The van der Waals surface area contributed by atoms with Crippen molar-refractivity contribution in [2.45, 2.75) is 96.6 Å². The van der Waals surface area contributed by atoms with Crippen molar-refractivity contribution in [1.29, 1.82) is 0 Å². The van der Waals surface area contributed by atoms with Crippen LogP contribution in [-0.4, -0.2) is 56.5 Å². The minimum Gasteiger partial charge on any atom is -0.450 e. The van der Waals surface area contributed by atoms with Gasteiger partial charge in [0.05, 0.1) is 51.7 Å². The monoisotopic (exact) mass is 801 g/mol. The molecule has 13 nitrogen and oxygen atoms in total. The van der Waals surface area contributed by atoms with Crippen LogP contribution in [0.25, 0.3) is 10.4 Å². The number of benzene rings is 4. The van der Waals surface area contributed by atoms with Gasteiger partial charge in [0.15, 0.2) is 6.10 Å². The summed E-state index contributed by atoms with van der Waals surface area (Å²) in [7, 11) is -4.32. The molecular formula is C43H52N3O10P. The third kappa shape index (κ3) is 13.9. The molecule has 0 amide bonds. The number of carbonyl (C=O) groups is 1. The van der Waals surface area contributed by atoms with Gasteiger partial charge in [-0.1, -0.05) is 141 Å². The van der Waals surface area contributed by atoms with Gasteiger partial charge in [-0.25, -0.2) is 9.36 Å². The maximum Gasteiger partial charge on any atom is 0.477 e. The number of carbonyl (C=O) groups excluding carboxylic acids is 1. The Bertz CT molecular complexity index is 1850. The molecule has 1 aliphatic heterocycles. The van der Waals surface area contributed by atoms with Gasteiger partial charge in [-0.2, -0.15) is 0 Å². The minimum absolute atomic E-state index is 0.00670. The summed E-state index contributed by atoms with van der Waals surface area (Å²) in [6.07, 6.45) is -2.99. The molecule has 57 heavy (non-hydrogen) atoms. The zero-order chi connectivity index (χ0) is 40.1. The van der Waals surface area contributed by atoms with Gasteiger partial charge in [-0.3, -0.25) is 13.6 Å². The number of phosphoric acid groups is 1. The lowest BCUT2D eigenvalue weighted by Gasteiger charge is -2.45. The molecule has 0 aromatic heterocycles. The van der Waals surface area contributed by atoms with Crippen LogP contribution < -0.4 is 0 Å². The maximum atomic E-state index is 14.5. The fourth-order valence-corrected chi connectivity index (χ4v) is 7.36. The van der Waals surface area contributed by atoms with E-state index < -0.39 is 44.5 Å². The summed E-state index contributed by atoms with van der Waals surface area (Å²) in [5.74, 6) is -0.775. The van der Waals surface area contributed by atoms with Gasteiger partial charge in [0, 0.05) is 4.91 Å². The quantitative estimate of drug-likeness (QED) is 0.0167. The van der Waals surface area contributed by atoms with E-state index in [0.29, 0.717) is 18.4 Å². The highest BCUT2D eigenvalue weighted by molar-refractivity contribution is 7.48. The first-order chi connectivity index (χ1) is 27.9. The summed E-state index contributed by atoms with van der Waals surface area (Å²) in [6, 6.07) is 35.5. The van der Waals surface area contributed by atoms with Crippen molar-refractivity contribution in [1.82, 2.24) is 0 Å². The molecule has 0 radical (unpaired) electrons. The molecule has 5 rings (SSSR count). The lowest BCUT2D eigenvalue weighted by atomic mass is 9.97. The van der Waals surface area contributed by atoms with Crippen LogP contribution in [0.5, 0.6) is 0 Å². The van der Waals surface area contributed by atoms with Crippen molar-refractivity contribution in [3.63, 3.8) is 0 Å². The van der Waals surface area contributed by atoms with Crippen LogP contribution in [-0.2, 0) is 68.2 Å². The molecule has 1 fully saturated rings. The third-order valence-corrected chi connectivity index (χ3v) is 10.5. The van der Waals surface area contributed by atoms with Crippen molar-refractivity contribution in [2.75, 3.05) is 19.8 Å². The van der Waals surface area contributed by atoms with E-state index >= 15 is 0 Å². The van der Waals surface area contributed by atoms with E-state index in [1.54, 1.807) is 24.3 Å². The van der Waals surface area contributed by atoms with Crippen LogP contribution in [0.4, 0.5) is 0 Å². The molecule has 1 aliphatic rings. The molecule has 0 aliphatic carbocycles. The second-order valence-electron chi connectivity index (χ2n) is 13.4. The van der Waals surface area contributed by atoms with Crippen molar-refractivity contribution in [3.8, 4) is 0 Å². The van der Waals surface area contributed by atoms with Crippen molar-refractivity contribution in [3.05, 3.63) is 154 Å². The maximum absolute atomic E-state index is 14.5. The normalized spacial score (nSPS) is 19.4. The van der Waals surface area contributed by atoms with Gasteiger partial charge in [0.1, 0.15) is 18.3 Å². The number of ether oxygens (including phenoxy) is 5. The number of esters is 1. The van der Waals surface area contributed by atoms with Crippen LogP contribution in [0.1, 0.15) is 72.1 Å². The fourth-order valence-electron chi connectivity index (χ4n) is 6.03. The second kappa shape index (κ2) is 23.7. The van der Waals surface area contributed by atoms with Gasteiger partial charge in [-0.15, -0.1) is 0 Å². The van der Waals surface area contributed by atoms with Gasteiger partial charge in [-0.05, 0) is 46.7 Å². The SMILES string of the molecule is CCCCOP(=O)(OCCCC)OC1O[C@H](COCc2ccccc2)[C@H](OCc2ccccc2)[C@H](OCc2ccccc2)[C@H]1OC(=O)c1ccccc1CN=[N+]=[N-]. The van der Waals surface area contributed by atoms with E-state index in [2.05, 4.69) is 10.0 Å². The summed E-state index contributed by atoms with van der Waals surface area (Å²) in [4.78, 5) is 17.1. The lowest BCUT2D eigenvalue weighted by molar-refractivity contribution is -0.302. The number of hydrogen-bond donors (Lipinski definition) is 0. The zero-order valence-electron chi connectivity index (χ0n) is 32.5. The fraction of sp³-hybridized carbons (Fsp3) is 0.419. The van der Waals surface area contributed by atoms with Gasteiger partial charge in [0.2, 0.25) is 6.29 Å². The Balaban J connectivity index is 1.56. The highest BCUT2D eigenvalue weighted by Gasteiger charge is 2.53. The van der Waals surface area contributed by atoms with Crippen molar-refractivity contribution >= 4 is 13.8 Å². The molecule has 14 heteroatoms. The molecule has 304 valence electrons. The molecule has 1 saturated heterocycles. The first kappa shape index (κ1) is 43.7. The molecule has 4 aromatic carbocycles. The second-order valence-corrected chi connectivity index (χ2v) is 15.0. The zero-order valence-corrected chi connectivity index (χ0v) is 33.4. The Labute approximate surface area is 334 Å². The van der Waals surface area contributed by atoms with E-state index in [1.807, 2.05) is 105 Å². The van der Waals surface area contributed by atoms with E-state index in [1.165, 1.54) is 0 Å². The number of rotatable bonds is 24. The molecule has 5 atom stereocenters. The van der Waals surface area contributed by atoms with Crippen LogP contribution >= 0.6 is 7.82 Å². The summed E-state index contributed by atoms with van der Waals surface area (Å²) >= 11 is 0. The number of hydrogen-bond acceptors (Lipinski definition) is 11. The van der Waals surface area contributed by atoms with E-state index in [0.717, 1.165) is 29.5 Å². The molecule has 0 spiro atoms. The molecule has 0 N–H and O–H groups in total. The van der Waals surface area contributed by atoms with Crippen LogP contribution in [0.3, 0.4) is 0 Å². The molecule has 0 bridgehead atoms. The highest BCUT2D eigenvalue weighted by Crippen LogP contribution is 2.53. The minimum atomic E-state index is -4.32. The highest BCUT2D eigenvalue weighted by atomic mass is 31.2. The molecular weight excluding hydrogens is 749 g/mol. The summed E-state index contributed by atoms with van der Waals surface area (Å²) < 4.78 is 64.9. The Morgan fingerprint density at radius 2 is 1.25 bits per heavy atom. The predicted molar refractivity (Wildman–Crippen MR) is 214 cm³/mol. The van der Waals surface area contributed by atoms with E-state index in [4.69, 9.17) is 42.8 Å². The van der Waals surface area contributed by atoms with Crippen LogP contribution in [0.2, 0.25) is 0 Å². The smallest absolute Gasteiger partial charge is 0.450 e. The number of unbranched alkanes of at least 4 members (excludes halogenated alkanes) is 2. The number of nitrogens with zero attached hydrogens (tertiary/aromatic N) is 3. The number of azide groups is 1.